The van der Waals surface area contributed by atoms with E-state index >= 15 is 0 Å². The van der Waals surface area contributed by atoms with Crippen LogP contribution in [0.4, 0.5) is 0 Å². The van der Waals surface area contributed by atoms with Crippen LogP contribution < -0.4 is 5.32 Å². The Morgan fingerprint density at radius 2 is 1.88 bits per heavy atom. The first-order chi connectivity index (χ1) is 7.88. The molecule has 0 aliphatic carbocycles. The second kappa shape index (κ2) is 5.93. The molecule has 0 aliphatic rings. The summed E-state index contributed by atoms with van der Waals surface area (Å²) in [5.41, 5.74) is 0.790. The number of carboxylic acids is 1. The van der Waals surface area contributed by atoms with Crippen LogP contribution >= 0.6 is 7.60 Å². The van der Waals surface area contributed by atoms with Gasteiger partial charge < -0.3 is 14.9 Å². The first-order valence-corrected chi connectivity index (χ1v) is 6.73. The molecule has 1 aromatic carbocycles. The lowest BCUT2D eigenvalue weighted by molar-refractivity contribution is -0.139. The molecule has 7 heteroatoms. The van der Waals surface area contributed by atoms with Gasteiger partial charge in [0.15, 0.2) is 0 Å². The molecule has 0 saturated carbocycles. The molecule has 1 rings (SSSR count). The summed E-state index contributed by atoms with van der Waals surface area (Å²) >= 11 is 0. The van der Waals surface area contributed by atoms with Crippen molar-refractivity contribution in [3.8, 4) is 0 Å². The molecule has 0 saturated heterocycles. The van der Waals surface area contributed by atoms with Crippen LogP contribution in [-0.2, 0) is 15.8 Å². The summed E-state index contributed by atoms with van der Waals surface area (Å²) in [4.78, 5) is 28.2. The molecule has 0 fully saturated rings. The minimum atomic E-state index is -4.24. The highest BCUT2D eigenvalue weighted by atomic mass is 31.2. The van der Waals surface area contributed by atoms with E-state index in [2.05, 4.69) is 5.32 Å². The molecule has 4 N–H and O–H groups in total. The van der Waals surface area contributed by atoms with Crippen molar-refractivity contribution >= 4 is 13.6 Å². The van der Waals surface area contributed by atoms with Crippen LogP contribution in [-0.4, -0.2) is 33.2 Å². The van der Waals surface area contributed by atoms with Crippen molar-refractivity contribution < 1.29 is 24.3 Å². The van der Waals surface area contributed by atoms with E-state index in [1.54, 1.807) is 24.3 Å². The van der Waals surface area contributed by atoms with Gasteiger partial charge in [0.25, 0.3) is 0 Å². The Balaban J connectivity index is 2.62. The average Bonchev–Trinajstić information content (AvgIpc) is 2.24. The summed E-state index contributed by atoms with van der Waals surface area (Å²) < 4.78 is 10.6. The van der Waals surface area contributed by atoms with Gasteiger partial charge in [0.2, 0.25) is 0 Å². The molecule has 0 radical (unpaired) electrons. The van der Waals surface area contributed by atoms with Crippen molar-refractivity contribution in [2.75, 3.05) is 6.29 Å². The number of aliphatic carboxylic acids is 1. The van der Waals surface area contributed by atoms with Crippen LogP contribution in [0.25, 0.3) is 0 Å². The van der Waals surface area contributed by atoms with E-state index in [0.717, 1.165) is 5.56 Å². The van der Waals surface area contributed by atoms with E-state index in [9.17, 15) is 9.36 Å². The van der Waals surface area contributed by atoms with E-state index in [1.165, 1.54) is 0 Å². The molecule has 0 aliphatic heterocycles. The Kier molecular flexibility index (Phi) is 4.84. The maximum Gasteiger partial charge on any atom is 0.339 e. The van der Waals surface area contributed by atoms with E-state index in [-0.39, 0.29) is 6.42 Å². The van der Waals surface area contributed by atoms with Gasteiger partial charge in [-0.25, -0.2) is 0 Å². The number of carbonyl (C=O) groups is 1. The molecule has 94 valence electrons. The van der Waals surface area contributed by atoms with Crippen molar-refractivity contribution in [2.45, 2.75) is 12.5 Å². The van der Waals surface area contributed by atoms with E-state index in [1.807, 2.05) is 6.07 Å². The lowest BCUT2D eigenvalue weighted by atomic mass is 10.1. The van der Waals surface area contributed by atoms with Gasteiger partial charge in [-0.3, -0.25) is 14.7 Å². The number of carboxylic acid groups (broad SMARTS) is 1. The summed E-state index contributed by atoms with van der Waals surface area (Å²) in [5, 5.41) is 11.3. The lowest BCUT2D eigenvalue weighted by Crippen LogP contribution is -2.38. The van der Waals surface area contributed by atoms with Crippen molar-refractivity contribution in [1.82, 2.24) is 5.32 Å². The number of rotatable bonds is 6. The monoisotopic (exact) mass is 259 g/mol. The Hall–Kier alpha value is -1.20. The SMILES string of the molecule is O=C(O)[C@@H](Cc1ccccc1)NCP(=O)(O)O. The Morgan fingerprint density at radius 3 is 2.35 bits per heavy atom. The van der Waals surface area contributed by atoms with Gasteiger partial charge in [-0.2, -0.15) is 0 Å². The van der Waals surface area contributed by atoms with Gasteiger partial charge >= 0.3 is 13.6 Å². The fourth-order valence-corrected chi connectivity index (χ4v) is 1.78. The molecule has 17 heavy (non-hydrogen) atoms. The zero-order valence-corrected chi connectivity index (χ0v) is 9.88. The Bertz CT molecular complexity index is 416. The number of benzene rings is 1. The highest BCUT2D eigenvalue weighted by Crippen LogP contribution is 2.32. The molecular formula is C10H14NO5P. The van der Waals surface area contributed by atoms with Gasteiger partial charge in [-0.15, -0.1) is 0 Å². The molecule has 0 aromatic heterocycles. The van der Waals surface area contributed by atoms with E-state index < -0.39 is 25.9 Å². The predicted molar refractivity (Wildman–Crippen MR) is 61.6 cm³/mol. The van der Waals surface area contributed by atoms with Crippen molar-refractivity contribution in [3.63, 3.8) is 0 Å². The zero-order valence-electron chi connectivity index (χ0n) is 8.98. The third-order valence-electron chi connectivity index (χ3n) is 2.12. The fraction of sp³-hybridized carbons (Fsp3) is 0.300. The molecule has 6 nitrogen and oxygen atoms in total. The lowest BCUT2D eigenvalue weighted by Gasteiger charge is -2.14. The van der Waals surface area contributed by atoms with Crippen molar-refractivity contribution in [2.24, 2.45) is 0 Å². The first kappa shape index (κ1) is 13.9. The zero-order chi connectivity index (χ0) is 12.9. The number of hydrogen-bond acceptors (Lipinski definition) is 3. The third kappa shape index (κ3) is 5.60. The van der Waals surface area contributed by atoms with Gasteiger partial charge in [0, 0.05) is 0 Å². The summed E-state index contributed by atoms with van der Waals surface area (Å²) in [6.07, 6.45) is -0.465. The van der Waals surface area contributed by atoms with Crippen LogP contribution in [0.5, 0.6) is 0 Å². The van der Waals surface area contributed by atoms with Gasteiger partial charge in [0.05, 0.1) is 6.29 Å². The van der Waals surface area contributed by atoms with Crippen molar-refractivity contribution in [1.29, 1.82) is 0 Å². The Labute approximate surface area is 98.4 Å². The maximum absolute atomic E-state index is 10.9. The molecular weight excluding hydrogens is 245 g/mol. The fourth-order valence-electron chi connectivity index (χ4n) is 1.33. The minimum Gasteiger partial charge on any atom is -0.480 e. The Morgan fingerprint density at radius 1 is 1.29 bits per heavy atom. The first-order valence-electron chi connectivity index (χ1n) is 4.93. The standard InChI is InChI=1S/C10H14NO5P/c12-10(13)9(11-7-17(14,15)16)6-8-4-2-1-3-5-8/h1-5,9,11H,6-7H2,(H,12,13)(H2,14,15,16)/t9-/m1/s1. The largest absolute Gasteiger partial charge is 0.480 e. The smallest absolute Gasteiger partial charge is 0.339 e. The van der Waals surface area contributed by atoms with Gasteiger partial charge in [0.1, 0.15) is 6.04 Å². The van der Waals surface area contributed by atoms with Gasteiger partial charge in [-0.1, -0.05) is 30.3 Å². The van der Waals surface area contributed by atoms with Crippen molar-refractivity contribution in [3.05, 3.63) is 35.9 Å². The van der Waals surface area contributed by atoms with Crippen LogP contribution in [0.15, 0.2) is 30.3 Å². The van der Waals surface area contributed by atoms with Crippen LogP contribution in [0, 0.1) is 0 Å². The molecule has 1 atom stereocenters. The van der Waals surface area contributed by atoms with Crippen LogP contribution in [0.2, 0.25) is 0 Å². The summed E-state index contributed by atoms with van der Waals surface area (Å²) in [6, 6.07) is 7.87. The normalized spacial score (nSPS) is 13.3. The van der Waals surface area contributed by atoms with Crippen LogP contribution in [0.1, 0.15) is 5.56 Å². The molecule has 1 aromatic rings. The third-order valence-corrected chi connectivity index (χ3v) is 2.72. The van der Waals surface area contributed by atoms with Crippen LogP contribution in [0.3, 0.4) is 0 Å². The highest BCUT2D eigenvalue weighted by Gasteiger charge is 2.21. The molecule has 0 spiro atoms. The molecule has 0 bridgehead atoms. The summed E-state index contributed by atoms with van der Waals surface area (Å²) in [7, 11) is -4.24. The quantitative estimate of drug-likeness (QED) is 0.551. The molecule has 0 amide bonds. The van der Waals surface area contributed by atoms with E-state index in [4.69, 9.17) is 14.9 Å². The average molecular weight is 259 g/mol. The predicted octanol–water partition coefficient (Wildman–Crippen LogP) is 0.407. The number of nitrogens with one attached hydrogen (secondary N) is 1. The molecule has 0 unspecified atom stereocenters. The number of hydrogen-bond donors (Lipinski definition) is 4. The minimum absolute atomic E-state index is 0.177. The molecule has 0 heterocycles. The second-order valence-electron chi connectivity index (χ2n) is 3.61. The maximum atomic E-state index is 10.9. The van der Waals surface area contributed by atoms with E-state index in [0.29, 0.717) is 0 Å². The highest BCUT2D eigenvalue weighted by molar-refractivity contribution is 7.51. The van der Waals surface area contributed by atoms with Gasteiger partial charge in [-0.05, 0) is 12.0 Å². The summed E-state index contributed by atoms with van der Waals surface area (Å²) in [5.74, 6) is -1.14. The second-order valence-corrected chi connectivity index (χ2v) is 5.25. The topological polar surface area (TPSA) is 107 Å². The summed E-state index contributed by atoms with van der Waals surface area (Å²) in [6.45, 7) is 0.